The van der Waals surface area contributed by atoms with Crippen LogP contribution in [0.25, 0.3) is 0 Å². The Morgan fingerprint density at radius 3 is 2.00 bits per heavy atom. The van der Waals surface area contributed by atoms with Gasteiger partial charge in [-0.25, -0.2) is 0 Å². The Hall–Kier alpha value is -0.520. The molecule has 0 aromatic heterocycles. The zero-order chi connectivity index (χ0) is 16.4. The van der Waals surface area contributed by atoms with Gasteiger partial charge in [0, 0.05) is 28.4 Å². The van der Waals surface area contributed by atoms with Crippen molar-refractivity contribution in [1.82, 2.24) is 5.32 Å². The summed E-state index contributed by atoms with van der Waals surface area (Å²) in [5, 5.41) is 2.07. The van der Waals surface area contributed by atoms with E-state index < -0.39 is 26.5 Å². The summed E-state index contributed by atoms with van der Waals surface area (Å²) in [5.41, 5.74) is 0.741. The summed E-state index contributed by atoms with van der Waals surface area (Å²) in [4.78, 5) is 0. The predicted octanol–water partition coefficient (Wildman–Crippen LogP) is 2.78. The monoisotopic (exact) mass is 349 g/mol. The van der Waals surface area contributed by atoms with Crippen molar-refractivity contribution in [1.29, 1.82) is 0 Å². The minimum atomic E-state index is -3.50. The SMILES string of the molecule is COP(=O)(C[C@@H]1N[C@@]1(c1ccccc1)P(=O)(OC)OC)OC. The number of hydrogen-bond donors (Lipinski definition) is 1. The molecule has 2 atom stereocenters. The lowest BCUT2D eigenvalue weighted by molar-refractivity contribution is 0.259. The molecule has 1 aromatic carbocycles. The van der Waals surface area contributed by atoms with Crippen molar-refractivity contribution in [2.45, 2.75) is 11.3 Å². The third-order valence-corrected chi connectivity index (χ3v) is 8.35. The molecule has 0 aliphatic carbocycles. The van der Waals surface area contributed by atoms with Crippen LogP contribution in [0.15, 0.2) is 30.3 Å². The summed E-state index contributed by atoms with van der Waals surface area (Å²) in [6.07, 6.45) is 0.0611. The Morgan fingerprint density at radius 2 is 1.55 bits per heavy atom. The average Bonchev–Trinajstić information content (AvgIpc) is 3.30. The van der Waals surface area contributed by atoms with Crippen molar-refractivity contribution >= 4 is 15.2 Å². The normalized spacial score (nSPS) is 25.2. The lowest BCUT2D eigenvalue weighted by Crippen LogP contribution is -2.19. The quantitative estimate of drug-likeness (QED) is 0.570. The number of rotatable bonds is 8. The van der Waals surface area contributed by atoms with Gasteiger partial charge < -0.3 is 18.1 Å². The molecule has 1 aliphatic rings. The molecular formula is C13H21NO6P2. The van der Waals surface area contributed by atoms with Gasteiger partial charge in [-0.2, -0.15) is 0 Å². The molecule has 1 aromatic rings. The number of benzene rings is 1. The number of nitrogens with one attached hydrogen (secondary N) is 1. The Morgan fingerprint density at radius 1 is 1.00 bits per heavy atom. The minimum Gasteiger partial charge on any atom is -0.312 e. The highest BCUT2D eigenvalue weighted by Crippen LogP contribution is 2.72. The molecule has 1 saturated heterocycles. The van der Waals surface area contributed by atoms with Crippen molar-refractivity contribution in [3.8, 4) is 0 Å². The van der Waals surface area contributed by atoms with E-state index in [0.29, 0.717) is 0 Å². The van der Waals surface area contributed by atoms with E-state index in [4.69, 9.17) is 18.1 Å². The summed E-state index contributed by atoms with van der Waals surface area (Å²) in [6.45, 7) is 0. The van der Waals surface area contributed by atoms with Crippen molar-refractivity contribution < 1.29 is 27.2 Å². The van der Waals surface area contributed by atoms with E-state index in [0.717, 1.165) is 5.56 Å². The van der Waals surface area contributed by atoms with E-state index in [1.807, 2.05) is 30.3 Å². The molecule has 0 unspecified atom stereocenters. The molecule has 1 N–H and O–H groups in total. The highest BCUT2D eigenvalue weighted by molar-refractivity contribution is 7.56. The summed E-state index contributed by atoms with van der Waals surface area (Å²) < 4.78 is 45.7. The lowest BCUT2D eigenvalue weighted by Gasteiger charge is -2.24. The second kappa shape index (κ2) is 6.54. The molecule has 0 amide bonds. The second-order valence-corrected chi connectivity index (χ2v) is 9.60. The van der Waals surface area contributed by atoms with Crippen LogP contribution in [0.4, 0.5) is 0 Å². The molecule has 1 aliphatic heterocycles. The summed E-state index contributed by atoms with van der Waals surface area (Å²) in [5.74, 6) is 0. The van der Waals surface area contributed by atoms with Gasteiger partial charge >= 0.3 is 15.2 Å². The van der Waals surface area contributed by atoms with Crippen LogP contribution in [0, 0.1) is 0 Å². The van der Waals surface area contributed by atoms with Gasteiger partial charge in [0.1, 0.15) is 0 Å². The van der Waals surface area contributed by atoms with Gasteiger partial charge in [0.25, 0.3) is 0 Å². The molecule has 1 heterocycles. The standard InChI is InChI=1S/C13H21NO6P2/c1-17-21(15,18-2)10-12-13(14-12,22(16,19-3)20-4)11-8-6-5-7-9-11/h5-9,12,14H,10H2,1-4H3/t12-,13-/m0/s1. The minimum absolute atomic E-state index is 0.0611. The molecule has 2 rings (SSSR count). The predicted molar refractivity (Wildman–Crippen MR) is 83.2 cm³/mol. The van der Waals surface area contributed by atoms with Gasteiger partial charge in [-0.15, -0.1) is 0 Å². The summed E-state index contributed by atoms with van der Waals surface area (Å²) in [6, 6.07) is 8.75. The van der Waals surface area contributed by atoms with Crippen molar-refractivity contribution in [2.75, 3.05) is 34.6 Å². The van der Waals surface area contributed by atoms with Gasteiger partial charge in [0.05, 0.1) is 12.2 Å². The molecule has 1 fully saturated rings. The van der Waals surface area contributed by atoms with E-state index in [-0.39, 0.29) is 6.16 Å². The maximum Gasteiger partial charge on any atom is 0.356 e. The maximum absolute atomic E-state index is 13.0. The lowest BCUT2D eigenvalue weighted by atomic mass is 10.1. The van der Waals surface area contributed by atoms with E-state index in [2.05, 4.69) is 5.32 Å². The summed E-state index contributed by atoms with van der Waals surface area (Å²) >= 11 is 0. The van der Waals surface area contributed by atoms with Gasteiger partial charge in [0.2, 0.25) is 0 Å². The largest absolute Gasteiger partial charge is 0.356 e. The van der Waals surface area contributed by atoms with Gasteiger partial charge in [0.15, 0.2) is 5.28 Å². The molecule has 22 heavy (non-hydrogen) atoms. The summed E-state index contributed by atoms with van der Waals surface area (Å²) in [7, 11) is -1.45. The maximum atomic E-state index is 13.0. The van der Waals surface area contributed by atoms with Crippen LogP contribution in [0.5, 0.6) is 0 Å². The van der Waals surface area contributed by atoms with Gasteiger partial charge in [-0.05, 0) is 5.56 Å². The first-order valence-electron chi connectivity index (χ1n) is 6.66. The second-order valence-electron chi connectivity index (χ2n) is 4.85. The van der Waals surface area contributed by atoms with Crippen LogP contribution in [-0.2, 0) is 32.5 Å². The fourth-order valence-corrected chi connectivity index (χ4v) is 6.00. The topological polar surface area (TPSA) is 93.0 Å². The van der Waals surface area contributed by atoms with E-state index in [9.17, 15) is 9.13 Å². The highest BCUT2D eigenvalue weighted by Gasteiger charge is 2.69. The molecule has 9 heteroatoms. The van der Waals surface area contributed by atoms with Crippen LogP contribution in [0.2, 0.25) is 0 Å². The van der Waals surface area contributed by atoms with Crippen molar-refractivity contribution in [3.05, 3.63) is 35.9 Å². The third-order valence-electron chi connectivity index (χ3n) is 3.90. The molecule has 0 spiro atoms. The van der Waals surface area contributed by atoms with Gasteiger partial charge in [-0.1, -0.05) is 30.3 Å². The first kappa shape index (κ1) is 17.8. The number of hydrogen-bond acceptors (Lipinski definition) is 7. The molecule has 0 saturated carbocycles. The van der Waals surface area contributed by atoms with Crippen LogP contribution >= 0.6 is 15.2 Å². The van der Waals surface area contributed by atoms with Crippen LogP contribution in [0.1, 0.15) is 5.56 Å². The Bertz CT molecular complexity index is 594. The van der Waals surface area contributed by atoms with Crippen LogP contribution in [0.3, 0.4) is 0 Å². The molecule has 124 valence electrons. The van der Waals surface area contributed by atoms with E-state index in [1.165, 1.54) is 28.4 Å². The average molecular weight is 349 g/mol. The van der Waals surface area contributed by atoms with Crippen LogP contribution in [-0.4, -0.2) is 40.6 Å². The van der Waals surface area contributed by atoms with Crippen LogP contribution < -0.4 is 5.32 Å². The van der Waals surface area contributed by atoms with Crippen molar-refractivity contribution in [3.63, 3.8) is 0 Å². The Kier molecular flexibility index (Phi) is 5.30. The van der Waals surface area contributed by atoms with Crippen molar-refractivity contribution in [2.24, 2.45) is 0 Å². The molecule has 0 bridgehead atoms. The smallest absolute Gasteiger partial charge is 0.312 e. The molecule has 7 nitrogen and oxygen atoms in total. The zero-order valence-corrected chi connectivity index (χ0v) is 14.8. The Labute approximate surface area is 130 Å². The highest BCUT2D eigenvalue weighted by atomic mass is 31.2. The van der Waals surface area contributed by atoms with Gasteiger partial charge in [-0.3, -0.25) is 14.4 Å². The Balaban J connectivity index is 2.40. The fraction of sp³-hybridized carbons (Fsp3) is 0.538. The van der Waals surface area contributed by atoms with E-state index >= 15 is 0 Å². The zero-order valence-electron chi connectivity index (χ0n) is 13.0. The fourth-order valence-electron chi connectivity index (χ4n) is 2.62. The third kappa shape index (κ3) is 2.83. The molecular weight excluding hydrogens is 328 g/mol. The van der Waals surface area contributed by atoms with E-state index in [1.54, 1.807) is 0 Å². The molecule has 0 radical (unpaired) electrons. The first-order chi connectivity index (χ1) is 10.4. The first-order valence-corrected chi connectivity index (χ1v) is 9.94.